The van der Waals surface area contributed by atoms with Crippen LogP contribution in [0.25, 0.3) is 11.2 Å². The Morgan fingerprint density at radius 2 is 1.95 bits per heavy atom. The monoisotopic (exact) mass is 620 g/mol. The molecule has 12 nitrogen and oxygen atoms in total. The maximum atomic E-state index is 13.8. The van der Waals surface area contributed by atoms with Crippen molar-refractivity contribution in [3.63, 3.8) is 0 Å². The minimum absolute atomic E-state index is 0.0506. The summed E-state index contributed by atoms with van der Waals surface area (Å²) in [5.74, 6) is 0.497. The summed E-state index contributed by atoms with van der Waals surface area (Å²) in [6, 6.07) is 3.82. The number of rotatable bonds is 9. The van der Waals surface area contributed by atoms with Gasteiger partial charge in [-0.25, -0.2) is 9.97 Å². The molecule has 0 radical (unpaired) electrons. The molecule has 0 saturated carbocycles. The lowest BCUT2D eigenvalue weighted by molar-refractivity contribution is -0.138. The average Bonchev–Trinajstić information content (AvgIpc) is 3.27. The Kier molecular flexibility index (Phi) is 8.84. The fourth-order valence-corrected chi connectivity index (χ4v) is 4.90. The van der Waals surface area contributed by atoms with Crippen molar-refractivity contribution in [1.29, 1.82) is 0 Å². The number of carbonyl (C=O) groups is 1. The summed E-state index contributed by atoms with van der Waals surface area (Å²) < 4.78 is 55.1. The standard InChI is InChI=1S/C27H28ClF3N8O4/c1-16(40)34-21-13-18(4-5-32-21)43-20-14-33-24-23(22(20)28)37(2)26(36-24)35-19-12-17(27(29,30)31)15-39(25(19)41)7-3-6-38-8-10-42-11-9-38/h4-5,12-15H,3,6-11H2,1-2H3,(H,32,34,40)(H,33,35,36). The van der Waals surface area contributed by atoms with Gasteiger partial charge in [-0.1, -0.05) is 11.6 Å². The highest BCUT2D eigenvalue weighted by molar-refractivity contribution is 6.36. The van der Waals surface area contributed by atoms with Crippen LogP contribution in [0.1, 0.15) is 18.9 Å². The number of pyridine rings is 3. The van der Waals surface area contributed by atoms with Crippen molar-refractivity contribution in [3.05, 3.63) is 57.7 Å². The molecule has 5 heterocycles. The number of imidazole rings is 1. The first-order valence-corrected chi connectivity index (χ1v) is 13.7. The molecule has 4 aromatic heterocycles. The molecule has 228 valence electrons. The first kappa shape index (κ1) is 30.3. The fraction of sp³-hybridized carbons (Fsp3) is 0.370. The van der Waals surface area contributed by atoms with Gasteiger partial charge in [0.1, 0.15) is 27.8 Å². The van der Waals surface area contributed by atoms with E-state index >= 15 is 0 Å². The molecule has 0 spiro atoms. The maximum absolute atomic E-state index is 13.8. The molecule has 16 heteroatoms. The van der Waals surface area contributed by atoms with Gasteiger partial charge < -0.3 is 29.2 Å². The van der Waals surface area contributed by atoms with Gasteiger partial charge in [-0.15, -0.1) is 0 Å². The highest BCUT2D eigenvalue weighted by Gasteiger charge is 2.32. The van der Waals surface area contributed by atoms with E-state index in [9.17, 15) is 22.8 Å². The molecule has 0 aromatic carbocycles. The Morgan fingerprint density at radius 1 is 1.19 bits per heavy atom. The summed E-state index contributed by atoms with van der Waals surface area (Å²) in [6.07, 6.45) is -0.575. The predicted molar refractivity (Wildman–Crippen MR) is 153 cm³/mol. The zero-order chi connectivity index (χ0) is 30.7. The number of aryl methyl sites for hydroxylation is 2. The van der Waals surface area contributed by atoms with E-state index in [1.165, 1.54) is 30.0 Å². The molecule has 2 N–H and O–H groups in total. The van der Waals surface area contributed by atoms with Crippen molar-refractivity contribution in [3.8, 4) is 11.5 Å². The SMILES string of the molecule is CC(=O)Nc1cc(Oc2cnc3nc(Nc4cc(C(F)(F)F)cn(CCCN5CCOCC5)c4=O)n(C)c3c2Cl)ccn1. The summed E-state index contributed by atoms with van der Waals surface area (Å²) >= 11 is 6.63. The molecule has 43 heavy (non-hydrogen) atoms. The minimum Gasteiger partial charge on any atom is -0.454 e. The molecule has 0 unspecified atom stereocenters. The largest absolute Gasteiger partial charge is 0.454 e. The Bertz CT molecular complexity index is 1700. The van der Waals surface area contributed by atoms with E-state index in [0.717, 1.165) is 29.9 Å². The third kappa shape index (κ3) is 7.06. The number of anilines is 3. The molecule has 1 saturated heterocycles. The number of hydrogen-bond acceptors (Lipinski definition) is 9. The zero-order valence-corrected chi connectivity index (χ0v) is 24.0. The van der Waals surface area contributed by atoms with E-state index < -0.39 is 17.3 Å². The van der Waals surface area contributed by atoms with Crippen molar-refractivity contribution >= 4 is 46.1 Å². The normalized spacial score (nSPS) is 14.2. The molecular formula is C27H28ClF3N8O4. The van der Waals surface area contributed by atoms with Crippen molar-refractivity contribution in [2.45, 2.75) is 26.1 Å². The lowest BCUT2D eigenvalue weighted by Crippen LogP contribution is -2.37. The van der Waals surface area contributed by atoms with Crippen molar-refractivity contribution < 1.29 is 27.4 Å². The second-order valence-corrected chi connectivity index (χ2v) is 10.2. The summed E-state index contributed by atoms with van der Waals surface area (Å²) in [4.78, 5) is 39.4. The topological polar surface area (TPSA) is 128 Å². The lowest BCUT2D eigenvalue weighted by atomic mass is 10.2. The molecule has 1 aliphatic rings. The number of morpholine rings is 1. The summed E-state index contributed by atoms with van der Waals surface area (Å²) in [6.45, 7) is 4.75. The highest BCUT2D eigenvalue weighted by Crippen LogP contribution is 2.36. The first-order chi connectivity index (χ1) is 20.5. The van der Waals surface area contributed by atoms with Crippen LogP contribution < -0.4 is 20.9 Å². The van der Waals surface area contributed by atoms with Crippen LogP contribution in [-0.2, 0) is 29.3 Å². The number of nitrogens with one attached hydrogen (secondary N) is 2. The van der Waals surface area contributed by atoms with Gasteiger partial charge in [0.05, 0.1) is 25.0 Å². The first-order valence-electron chi connectivity index (χ1n) is 13.3. The van der Waals surface area contributed by atoms with Crippen LogP contribution >= 0.6 is 11.6 Å². The second-order valence-electron chi connectivity index (χ2n) is 9.83. The molecule has 1 amide bonds. The third-order valence-corrected chi connectivity index (χ3v) is 7.07. The number of alkyl halides is 3. The van der Waals surface area contributed by atoms with E-state index in [-0.39, 0.29) is 46.3 Å². The Morgan fingerprint density at radius 3 is 2.67 bits per heavy atom. The number of amides is 1. The van der Waals surface area contributed by atoms with Crippen LogP contribution in [0.5, 0.6) is 11.5 Å². The van der Waals surface area contributed by atoms with E-state index in [4.69, 9.17) is 21.1 Å². The number of halogens is 4. The molecule has 5 rings (SSSR count). The highest BCUT2D eigenvalue weighted by atomic mass is 35.5. The Balaban J connectivity index is 1.41. The van der Waals surface area contributed by atoms with Gasteiger partial charge in [0, 0.05) is 58.6 Å². The fourth-order valence-electron chi connectivity index (χ4n) is 4.60. The average molecular weight is 621 g/mol. The number of fused-ring (bicyclic) bond motifs is 1. The molecule has 0 atom stereocenters. The van der Waals surface area contributed by atoms with Gasteiger partial charge in [-0.3, -0.25) is 14.5 Å². The number of aromatic nitrogens is 5. The summed E-state index contributed by atoms with van der Waals surface area (Å²) in [7, 11) is 1.57. The molecule has 4 aromatic rings. The second kappa shape index (κ2) is 12.6. The number of ether oxygens (including phenoxy) is 2. The van der Waals surface area contributed by atoms with Gasteiger partial charge in [0.2, 0.25) is 11.9 Å². The van der Waals surface area contributed by atoms with Crippen molar-refractivity contribution in [2.24, 2.45) is 7.05 Å². The lowest BCUT2D eigenvalue weighted by Gasteiger charge is -2.26. The van der Waals surface area contributed by atoms with Crippen LogP contribution in [0.3, 0.4) is 0 Å². The van der Waals surface area contributed by atoms with Crippen molar-refractivity contribution in [2.75, 3.05) is 43.5 Å². The minimum atomic E-state index is -4.67. The Hall–Kier alpha value is -4.21. The van der Waals surface area contributed by atoms with Gasteiger partial charge in [0.25, 0.3) is 5.56 Å². The van der Waals surface area contributed by atoms with Crippen LogP contribution in [0.4, 0.5) is 30.6 Å². The number of nitrogens with zero attached hydrogens (tertiary/aromatic N) is 6. The van der Waals surface area contributed by atoms with E-state index in [2.05, 4.69) is 30.5 Å². The van der Waals surface area contributed by atoms with Crippen LogP contribution in [0, 0.1) is 0 Å². The van der Waals surface area contributed by atoms with Gasteiger partial charge in [0.15, 0.2) is 11.4 Å². The zero-order valence-electron chi connectivity index (χ0n) is 23.2. The summed E-state index contributed by atoms with van der Waals surface area (Å²) in [5.41, 5.74) is -1.40. The molecular weight excluding hydrogens is 593 g/mol. The molecule has 0 bridgehead atoms. The van der Waals surface area contributed by atoms with Gasteiger partial charge in [-0.2, -0.15) is 18.2 Å². The van der Waals surface area contributed by atoms with Crippen LogP contribution in [0.15, 0.2) is 41.6 Å². The smallest absolute Gasteiger partial charge is 0.417 e. The van der Waals surface area contributed by atoms with E-state index in [1.54, 1.807) is 13.1 Å². The third-order valence-electron chi connectivity index (χ3n) is 6.71. The van der Waals surface area contributed by atoms with Crippen LogP contribution in [0.2, 0.25) is 5.02 Å². The van der Waals surface area contributed by atoms with E-state index in [1.807, 2.05) is 0 Å². The van der Waals surface area contributed by atoms with Gasteiger partial charge in [-0.05, 0) is 18.6 Å². The quantitative estimate of drug-likeness (QED) is 0.280. The van der Waals surface area contributed by atoms with Gasteiger partial charge >= 0.3 is 6.18 Å². The molecule has 1 aliphatic heterocycles. The van der Waals surface area contributed by atoms with E-state index in [0.29, 0.717) is 37.4 Å². The number of carbonyl (C=O) groups excluding carboxylic acids is 1. The predicted octanol–water partition coefficient (Wildman–Crippen LogP) is 4.41. The molecule has 0 aliphatic carbocycles. The molecule has 1 fully saturated rings. The van der Waals surface area contributed by atoms with Crippen molar-refractivity contribution in [1.82, 2.24) is 29.0 Å². The van der Waals surface area contributed by atoms with Crippen LogP contribution in [-0.4, -0.2) is 67.7 Å². The Labute approximate surface area is 248 Å². The maximum Gasteiger partial charge on any atom is 0.417 e. The summed E-state index contributed by atoms with van der Waals surface area (Å²) in [5, 5.41) is 5.42. The number of hydrogen-bond donors (Lipinski definition) is 2.